The summed E-state index contributed by atoms with van der Waals surface area (Å²) in [6.45, 7) is 9.99. The number of amides is 2. The highest BCUT2D eigenvalue weighted by Crippen LogP contribution is 2.38. The Labute approximate surface area is 248 Å². The highest BCUT2D eigenvalue weighted by atomic mass is 19.1. The zero-order valence-corrected chi connectivity index (χ0v) is 24.8. The first kappa shape index (κ1) is 29.6. The second kappa shape index (κ2) is 12.2. The van der Waals surface area contributed by atoms with Gasteiger partial charge in [-0.15, -0.1) is 0 Å². The molecule has 0 radical (unpaired) electrons. The van der Waals surface area contributed by atoms with Crippen molar-refractivity contribution in [2.45, 2.75) is 58.8 Å². The fourth-order valence-corrected chi connectivity index (χ4v) is 4.83. The Kier molecular flexibility index (Phi) is 8.38. The van der Waals surface area contributed by atoms with E-state index in [1.165, 1.54) is 18.3 Å². The van der Waals surface area contributed by atoms with Crippen LogP contribution in [0.5, 0.6) is 11.5 Å². The van der Waals surface area contributed by atoms with Crippen molar-refractivity contribution in [3.63, 3.8) is 0 Å². The number of rotatable bonds is 8. The maximum absolute atomic E-state index is 14.5. The molecule has 0 aliphatic carbocycles. The van der Waals surface area contributed by atoms with Crippen LogP contribution in [0.15, 0.2) is 60.9 Å². The molecule has 4 aromatic rings. The smallest absolute Gasteiger partial charge is 0.417 e. The van der Waals surface area contributed by atoms with Crippen LogP contribution in [0.3, 0.4) is 0 Å². The Morgan fingerprint density at radius 3 is 2.60 bits per heavy atom. The fourth-order valence-electron chi connectivity index (χ4n) is 4.83. The third kappa shape index (κ3) is 7.14. The van der Waals surface area contributed by atoms with Crippen molar-refractivity contribution in [1.29, 1.82) is 0 Å². The first-order valence-corrected chi connectivity index (χ1v) is 14.1. The predicted octanol–water partition coefficient (Wildman–Crippen LogP) is 5.90. The van der Waals surface area contributed by atoms with Gasteiger partial charge in [-0.2, -0.15) is 5.10 Å². The van der Waals surface area contributed by atoms with Gasteiger partial charge in [0.15, 0.2) is 5.65 Å². The molecule has 2 aromatic carbocycles. The van der Waals surface area contributed by atoms with E-state index in [4.69, 9.17) is 19.2 Å². The Balaban J connectivity index is 1.33. The average Bonchev–Trinajstić information content (AvgIpc) is 3.54. The average molecular weight is 591 g/mol. The molecule has 5 rings (SSSR count). The molecule has 1 aliphatic heterocycles. The van der Waals surface area contributed by atoms with E-state index in [1.54, 1.807) is 55.6 Å². The van der Waals surface area contributed by atoms with Gasteiger partial charge in [0.05, 0.1) is 18.8 Å². The third-order valence-corrected chi connectivity index (χ3v) is 6.78. The molecule has 12 heteroatoms. The zero-order valence-electron chi connectivity index (χ0n) is 24.8. The molecule has 2 amide bonds. The lowest BCUT2D eigenvalue weighted by Gasteiger charge is -2.29. The molecular formula is C31H35FN6O5. The molecular weight excluding hydrogens is 555 g/mol. The van der Waals surface area contributed by atoms with Crippen molar-refractivity contribution in [3.05, 3.63) is 77.9 Å². The Hall–Kier alpha value is -4.87. The molecule has 2 aromatic heterocycles. The quantitative estimate of drug-likeness (QED) is 0.261. The summed E-state index contributed by atoms with van der Waals surface area (Å²) in [4.78, 5) is 31.5. The number of nitrogens with zero attached hydrogens (tertiary/aromatic N) is 4. The predicted molar refractivity (Wildman–Crippen MR) is 159 cm³/mol. The number of para-hydroxylation sites is 1. The van der Waals surface area contributed by atoms with Crippen LogP contribution in [-0.4, -0.2) is 51.6 Å². The van der Waals surface area contributed by atoms with Crippen molar-refractivity contribution in [2.75, 3.05) is 23.3 Å². The van der Waals surface area contributed by atoms with Gasteiger partial charge in [0.2, 0.25) is 0 Å². The number of nitrogens with one attached hydrogen (secondary N) is 2. The largest absolute Gasteiger partial charge is 0.489 e. The first-order valence-electron chi connectivity index (χ1n) is 14.1. The number of ether oxygens (including phenoxy) is 3. The zero-order chi connectivity index (χ0) is 30.7. The molecule has 3 heterocycles. The lowest BCUT2D eigenvalue weighted by atomic mass is 10.1. The first-order chi connectivity index (χ1) is 20.5. The van der Waals surface area contributed by atoms with Crippen LogP contribution in [0.2, 0.25) is 0 Å². The van der Waals surface area contributed by atoms with Crippen LogP contribution in [0.25, 0.3) is 5.65 Å². The highest BCUT2D eigenvalue weighted by Gasteiger charge is 2.30. The molecule has 1 aliphatic rings. The van der Waals surface area contributed by atoms with Gasteiger partial charge in [-0.3, -0.25) is 5.32 Å². The summed E-state index contributed by atoms with van der Waals surface area (Å²) in [6, 6.07) is 12.8. The summed E-state index contributed by atoms with van der Waals surface area (Å²) in [6.07, 6.45) is 2.50. The lowest BCUT2D eigenvalue weighted by molar-refractivity contribution is 0.0504. The summed E-state index contributed by atoms with van der Waals surface area (Å²) >= 11 is 0. The summed E-state index contributed by atoms with van der Waals surface area (Å²) in [5.41, 5.74) is 1.83. The number of alkyl carbamates (subject to hydrolysis) is 1. The van der Waals surface area contributed by atoms with Crippen molar-refractivity contribution >= 4 is 29.3 Å². The van der Waals surface area contributed by atoms with Gasteiger partial charge < -0.3 is 24.4 Å². The molecule has 11 nitrogen and oxygen atoms in total. The number of carbonyl (C=O) groups excluding carboxylic acids is 2. The second-order valence-corrected chi connectivity index (χ2v) is 11.4. The van der Waals surface area contributed by atoms with E-state index >= 15 is 0 Å². The summed E-state index contributed by atoms with van der Waals surface area (Å²) < 4.78 is 32.9. The molecule has 0 spiro atoms. The topological polar surface area (TPSA) is 119 Å². The van der Waals surface area contributed by atoms with Crippen molar-refractivity contribution in [3.8, 4) is 11.5 Å². The van der Waals surface area contributed by atoms with E-state index in [1.807, 2.05) is 26.1 Å². The summed E-state index contributed by atoms with van der Waals surface area (Å²) in [7, 11) is 0. The van der Waals surface area contributed by atoms with Crippen LogP contribution >= 0.6 is 0 Å². The van der Waals surface area contributed by atoms with E-state index in [0.29, 0.717) is 47.2 Å². The maximum atomic E-state index is 14.5. The van der Waals surface area contributed by atoms with Crippen LogP contribution in [-0.2, 0) is 11.2 Å². The number of hydrogen-bond acceptors (Lipinski definition) is 8. The second-order valence-electron chi connectivity index (χ2n) is 11.4. The molecule has 2 atom stereocenters. The van der Waals surface area contributed by atoms with Crippen molar-refractivity contribution < 1.29 is 28.2 Å². The van der Waals surface area contributed by atoms with Crippen molar-refractivity contribution in [1.82, 2.24) is 19.9 Å². The van der Waals surface area contributed by atoms with Gasteiger partial charge in [-0.1, -0.05) is 18.2 Å². The number of hydrogen-bond donors (Lipinski definition) is 2. The number of halogens is 1. The molecule has 0 fully saturated rings. The number of carbonyl (C=O) groups is 2. The van der Waals surface area contributed by atoms with Crippen LogP contribution in [0.1, 0.15) is 51.8 Å². The van der Waals surface area contributed by atoms with E-state index in [9.17, 15) is 14.0 Å². The number of aromatic nitrogens is 3. The van der Waals surface area contributed by atoms with Crippen LogP contribution < -0.4 is 25.0 Å². The van der Waals surface area contributed by atoms with Gasteiger partial charge in [0.25, 0.3) is 0 Å². The van der Waals surface area contributed by atoms with Crippen LogP contribution in [0, 0.1) is 5.82 Å². The summed E-state index contributed by atoms with van der Waals surface area (Å²) in [5, 5.41) is 9.77. The molecule has 0 bridgehead atoms. The van der Waals surface area contributed by atoms with Gasteiger partial charge in [-0.05, 0) is 71.4 Å². The summed E-state index contributed by atoms with van der Waals surface area (Å²) in [5.74, 6) is 1.22. The minimum atomic E-state index is -0.662. The fraction of sp³-hybridized carbons (Fsp3) is 0.355. The van der Waals surface area contributed by atoms with Gasteiger partial charge >= 0.3 is 12.2 Å². The van der Waals surface area contributed by atoms with Crippen LogP contribution in [0.4, 0.5) is 25.5 Å². The van der Waals surface area contributed by atoms with E-state index < -0.39 is 29.7 Å². The Morgan fingerprint density at radius 2 is 1.86 bits per heavy atom. The van der Waals surface area contributed by atoms with Gasteiger partial charge in [-0.25, -0.2) is 23.5 Å². The minimum Gasteiger partial charge on any atom is -0.489 e. The highest BCUT2D eigenvalue weighted by molar-refractivity contribution is 5.90. The third-order valence-electron chi connectivity index (χ3n) is 6.78. The van der Waals surface area contributed by atoms with Crippen molar-refractivity contribution in [2.24, 2.45) is 0 Å². The van der Waals surface area contributed by atoms with Gasteiger partial charge in [0.1, 0.15) is 40.5 Å². The molecule has 0 saturated carbocycles. The Morgan fingerprint density at radius 1 is 1.09 bits per heavy atom. The maximum Gasteiger partial charge on any atom is 0.417 e. The van der Waals surface area contributed by atoms with Gasteiger partial charge in [0, 0.05) is 23.9 Å². The number of benzene rings is 2. The molecule has 0 saturated heterocycles. The molecule has 226 valence electrons. The monoisotopic (exact) mass is 590 g/mol. The minimum absolute atomic E-state index is 0.204. The lowest BCUT2D eigenvalue weighted by Crippen LogP contribution is -2.37. The van der Waals surface area contributed by atoms with E-state index in [0.717, 1.165) is 5.56 Å². The molecule has 0 unspecified atom stereocenters. The molecule has 2 N–H and O–H groups in total. The Bertz CT molecular complexity index is 1620. The van der Waals surface area contributed by atoms with E-state index in [2.05, 4.69) is 20.6 Å². The van der Waals surface area contributed by atoms with E-state index in [-0.39, 0.29) is 12.6 Å². The number of anilines is 2. The molecule has 43 heavy (non-hydrogen) atoms. The normalized spacial score (nSPS) is 14.1. The number of fused-ring (bicyclic) bond motifs is 2. The standard InChI is InChI=1S/C31H35FN6O5/c1-19(16-33-29(39)43-31(3,4)5)41-26-12-11-22(32)15-24(26)20(2)37-14-13-21-18-38-28(36-27(21)37)25(17-34-38)35-30(40)42-23-9-7-6-8-10-23/h6-12,15,17-20H,13-14,16H2,1-5H3,(H,33,39)(H,35,40)/t19-,20+/m0/s1. The SMILES string of the molecule is C[C@H](c1cc(F)ccc1O[C@@H](C)CNC(=O)OC(C)(C)C)N1CCc2cn3ncc(NC(=O)Oc4ccccc4)c3nc21.